The van der Waals surface area contributed by atoms with Gasteiger partial charge in [0, 0.05) is 39.7 Å². The molecule has 0 saturated carbocycles. The molecule has 21 heavy (non-hydrogen) atoms. The van der Waals surface area contributed by atoms with E-state index in [1.807, 2.05) is 18.2 Å². The van der Waals surface area contributed by atoms with Crippen molar-refractivity contribution in [3.63, 3.8) is 0 Å². The van der Waals surface area contributed by atoms with Crippen LogP contribution in [0.1, 0.15) is 5.56 Å². The standard InChI is InChI=1S/C16H15Cl2NO2/c1-20-11-4-9-5-12(8-19)21-16(9)14(7-11)13-6-10(17)2-3-15(13)18/h2-4,6-7,12H,5,8,19H2,1H3. The zero-order valence-electron chi connectivity index (χ0n) is 11.5. The molecule has 3 nitrogen and oxygen atoms in total. The average molecular weight is 324 g/mol. The molecule has 110 valence electrons. The summed E-state index contributed by atoms with van der Waals surface area (Å²) in [6, 6.07) is 9.26. The first-order valence-electron chi connectivity index (χ1n) is 6.65. The molecule has 2 aromatic rings. The van der Waals surface area contributed by atoms with Gasteiger partial charge >= 0.3 is 0 Å². The van der Waals surface area contributed by atoms with Crippen LogP contribution in [0.3, 0.4) is 0 Å². The number of methoxy groups -OCH3 is 1. The van der Waals surface area contributed by atoms with E-state index in [1.54, 1.807) is 19.2 Å². The Bertz CT molecular complexity index is 688. The van der Waals surface area contributed by atoms with Gasteiger partial charge in [-0.1, -0.05) is 23.2 Å². The quantitative estimate of drug-likeness (QED) is 0.930. The maximum atomic E-state index is 6.32. The highest BCUT2D eigenvalue weighted by atomic mass is 35.5. The molecule has 0 aliphatic carbocycles. The predicted octanol–water partition coefficient (Wildman–Crippen LogP) is 3.93. The highest BCUT2D eigenvalue weighted by Gasteiger charge is 2.26. The third-order valence-electron chi connectivity index (χ3n) is 3.59. The molecule has 1 heterocycles. The Morgan fingerprint density at radius 3 is 2.76 bits per heavy atom. The van der Waals surface area contributed by atoms with Crippen LogP contribution in [0.25, 0.3) is 11.1 Å². The predicted molar refractivity (Wildman–Crippen MR) is 85.6 cm³/mol. The van der Waals surface area contributed by atoms with Crippen LogP contribution >= 0.6 is 23.2 Å². The van der Waals surface area contributed by atoms with Crippen LogP contribution < -0.4 is 15.2 Å². The van der Waals surface area contributed by atoms with E-state index in [4.69, 9.17) is 38.4 Å². The second-order valence-corrected chi connectivity index (χ2v) is 5.81. The van der Waals surface area contributed by atoms with Crippen molar-refractivity contribution in [1.29, 1.82) is 0 Å². The van der Waals surface area contributed by atoms with Crippen LogP contribution in [-0.4, -0.2) is 19.8 Å². The maximum Gasteiger partial charge on any atom is 0.131 e. The number of halogens is 2. The smallest absolute Gasteiger partial charge is 0.131 e. The topological polar surface area (TPSA) is 44.5 Å². The summed E-state index contributed by atoms with van der Waals surface area (Å²) < 4.78 is 11.3. The van der Waals surface area contributed by atoms with Crippen molar-refractivity contribution in [1.82, 2.24) is 0 Å². The van der Waals surface area contributed by atoms with Crippen LogP contribution in [0.5, 0.6) is 11.5 Å². The maximum absolute atomic E-state index is 6.32. The Hall–Kier alpha value is -1.42. The summed E-state index contributed by atoms with van der Waals surface area (Å²) >= 11 is 12.4. The largest absolute Gasteiger partial charge is 0.497 e. The van der Waals surface area contributed by atoms with Crippen LogP contribution in [0.4, 0.5) is 0 Å². The fourth-order valence-corrected chi connectivity index (χ4v) is 2.95. The lowest BCUT2D eigenvalue weighted by Gasteiger charge is -2.13. The molecule has 0 fully saturated rings. The third-order valence-corrected chi connectivity index (χ3v) is 4.15. The fourth-order valence-electron chi connectivity index (χ4n) is 2.56. The Kier molecular flexibility index (Phi) is 3.98. The van der Waals surface area contributed by atoms with Crippen LogP contribution in [0.2, 0.25) is 10.0 Å². The number of rotatable bonds is 3. The number of hydrogen-bond acceptors (Lipinski definition) is 3. The van der Waals surface area contributed by atoms with Crippen molar-refractivity contribution in [3.8, 4) is 22.6 Å². The van der Waals surface area contributed by atoms with Crippen molar-refractivity contribution in [3.05, 3.63) is 45.9 Å². The molecule has 1 unspecified atom stereocenters. The van der Waals surface area contributed by atoms with Gasteiger partial charge in [-0.25, -0.2) is 0 Å². The van der Waals surface area contributed by atoms with Gasteiger partial charge in [0.25, 0.3) is 0 Å². The van der Waals surface area contributed by atoms with Gasteiger partial charge in [-0.15, -0.1) is 0 Å². The zero-order chi connectivity index (χ0) is 15.0. The molecule has 1 aliphatic heterocycles. The molecular weight excluding hydrogens is 309 g/mol. The number of hydrogen-bond donors (Lipinski definition) is 1. The summed E-state index contributed by atoms with van der Waals surface area (Å²) in [5.74, 6) is 1.58. The molecular formula is C16H15Cl2NO2. The zero-order valence-corrected chi connectivity index (χ0v) is 13.0. The molecule has 0 amide bonds. The Balaban J connectivity index is 2.19. The minimum absolute atomic E-state index is 0.0104. The lowest BCUT2D eigenvalue weighted by atomic mass is 10.00. The van der Waals surface area contributed by atoms with Gasteiger partial charge in [0.2, 0.25) is 0 Å². The van der Waals surface area contributed by atoms with E-state index in [9.17, 15) is 0 Å². The highest BCUT2D eigenvalue weighted by molar-refractivity contribution is 6.35. The second-order valence-electron chi connectivity index (χ2n) is 4.97. The van der Waals surface area contributed by atoms with Gasteiger partial charge in [-0.3, -0.25) is 0 Å². The summed E-state index contributed by atoms with van der Waals surface area (Å²) in [5, 5.41) is 1.24. The normalized spacial score (nSPS) is 16.5. The van der Waals surface area contributed by atoms with Crippen molar-refractivity contribution in [2.45, 2.75) is 12.5 Å². The first-order chi connectivity index (χ1) is 10.1. The van der Waals surface area contributed by atoms with Crippen molar-refractivity contribution in [2.24, 2.45) is 5.73 Å². The van der Waals surface area contributed by atoms with Crippen molar-refractivity contribution < 1.29 is 9.47 Å². The van der Waals surface area contributed by atoms with Crippen LogP contribution in [-0.2, 0) is 6.42 Å². The second kappa shape index (κ2) is 5.76. The minimum atomic E-state index is -0.0104. The first kappa shape index (κ1) is 14.5. The minimum Gasteiger partial charge on any atom is -0.497 e. The average Bonchev–Trinajstić information content (AvgIpc) is 2.91. The van der Waals surface area contributed by atoms with E-state index < -0.39 is 0 Å². The van der Waals surface area contributed by atoms with E-state index in [1.165, 1.54) is 0 Å². The van der Waals surface area contributed by atoms with Gasteiger partial charge in [0.15, 0.2) is 0 Å². The number of fused-ring (bicyclic) bond motifs is 1. The van der Waals surface area contributed by atoms with E-state index in [0.29, 0.717) is 16.6 Å². The molecule has 2 aromatic carbocycles. The van der Waals surface area contributed by atoms with Gasteiger partial charge in [0.05, 0.1) is 7.11 Å². The number of nitrogens with two attached hydrogens (primary N) is 1. The highest BCUT2D eigenvalue weighted by Crippen LogP contribution is 2.44. The Labute approximate surface area is 133 Å². The van der Waals surface area contributed by atoms with Gasteiger partial charge < -0.3 is 15.2 Å². The molecule has 0 saturated heterocycles. The molecule has 0 radical (unpaired) electrons. The fraction of sp³-hybridized carbons (Fsp3) is 0.250. The van der Waals surface area contributed by atoms with Crippen molar-refractivity contribution in [2.75, 3.05) is 13.7 Å². The summed E-state index contributed by atoms with van der Waals surface area (Å²) in [7, 11) is 1.64. The molecule has 1 atom stereocenters. The third kappa shape index (κ3) is 2.69. The molecule has 0 spiro atoms. The van der Waals surface area contributed by atoms with Crippen LogP contribution in [0, 0.1) is 0 Å². The monoisotopic (exact) mass is 323 g/mol. The van der Waals surface area contributed by atoms with Gasteiger partial charge in [0.1, 0.15) is 17.6 Å². The van der Waals surface area contributed by atoms with E-state index >= 15 is 0 Å². The SMILES string of the molecule is COc1cc2c(c(-c3cc(Cl)ccc3Cl)c1)OC(CN)C2. The molecule has 2 N–H and O–H groups in total. The Morgan fingerprint density at radius 2 is 2.05 bits per heavy atom. The van der Waals surface area contributed by atoms with E-state index in [-0.39, 0.29) is 6.10 Å². The van der Waals surface area contributed by atoms with E-state index in [2.05, 4.69) is 0 Å². The molecule has 5 heteroatoms. The number of ether oxygens (including phenoxy) is 2. The van der Waals surface area contributed by atoms with Gasteiger partial charge in [-0.2, -0.15) is 0 Å². The molecule has 1 aliphatic rings. The summed E-state index contributed by atoms with van der Waals surface area (Å²) in [6.45, 7) is 0.472. The molecule has 0 aromatic heterocycles. The number of benzene rings is 2. The summed E-state index contributed by atoms with van der Waals surface area (Å²) in [6.07, 6.45) is 0.762. The van der Waals surface area contributed by atoms with E-state index in [0.717, 1.165) is 34.6 Å². The Morgan fingerprint density at radius 1 is 1.24 bits per heavy atom. The summed E-state index contributed by atoms with van der Waals surface area (Å²) in [5.41, 5.74) is 8.52. The lowest BCUT2D eigenvalue weighted by molar-refractivity contribution is 0.242. The lowest BCUT2D eigenvalue weighted by Crippen LogP contribution is -2.24. The van der Waals surface area contributed by atoms with Gasteiger partial charge in [-0.05, 0) is 30.3 Å². The van der Waals surface area contributed by atoms with Crippen LogP contribution in [0.15, 0.2) is 30.3 Å². The summed E-state index contributed by atoms with van der Waals surface area (Å²) in [4.78, 5) is 0. The molecule has 3 rings (SSSR count). The first-order valence-corrected chi connectivity index (χ1v) is 7.41. The van der Waals surface area contributed by atoms with Crippen molar-refractivity contribution >= 4 is 23.2 Å². The molecule has 0 bridgehead atoms.